The Morgan fingerprint density at radius 3 is 2.68 bits per heavy atom. The lowest BCUT2D eigenvalue weighted by Gasteiger charge is -2.26. The van der Waals surface area contributed by atoms with Gasteiger partial charge in [-0.05, 0) is 88.1 Å². The van der Waals surface area contributed by atoms with Crippen LogP contribution in [-0.2, 0) is 11.3 Å². The molecule has 0 saturated heterocycles. The molecule has 2 aromatic heterocycles. The zero-order chi connectivity index (χ0) is 21.6. The average molecular weight is 418 g/mol. The summed E-state index contributed by atoms with van der Waals surface area (Å²) in [6.45, 7) is 6.75. The Kier molecular flexibility index (Phi) is 4.99. The van der Waals surface area contributed by atoms with Gasteiger partial charge in [0, 0.05) is 30.0 Å². The van der Waals surface area contributed by atoms with Crippen LogP contribution < -0.4 is 5.32 Å². The molecule has 1 aromatic carbocycles. The van der Waals surface area contributed by atoms with E-state index < -0.39 is 5.60 Å². The number of hydrogen-bond acceptors (Lipinski definition) is 4. The van der Waals surface area contributed by atoms with Crippen LogP contribution >= 0.6 is 0 Å². The number of aromatic nitrogens is 2. The summed E-state index contributed by atoms with van der Waals surface area (Å²) in [6, 6.07) is 10.4. The van der Waals surface area contributed by atoms with Crippen LogP contribution in [0.25, 0.3) is 10.9 Å². The molecule has 0 amide bonds. The fourth-order valence-corrected chi connectivity index (χ4v) is 4.28. The first-order valence-corrected chi connectivity index (χ1v) is 11.5. The highest BCUT2D eigenvalue weighted by atomic mass is 16.6. The van der Waals surface area contributed by atoms with Gasteiger partial charge in [-0.2, -0.15) is 0 Å². The van der Waals surface area contributed by atoms with Gasteiger partial charge in [0.05, 0.1) is 5.52 Å². The number of benzene rings is 1. The van der Waals surface area contributed by atoms with E-state index in [0.29, 0.717) is 17.3 Å². The smallest absolute Gasteiger partial charge is 0.342 e. The predicted octanol–water partition coefficient (Wildman–Crippen LogP) is 6.41. The van der Waals surface area contributed by atoms with Gasteiger partial charge in [-0.25, -0.2) is 9.78 Å². The minimum absolute atomic E-state index is 0.334. The molecule has 5 rings (SSSR count). The first kappa shape index (κ1) is 20.1. The van der Waals surface area contributed by atoms with Gasteiger partial charge < -0.3 is 14.6 Å². The van der Waals surface area contributed by atoms with E-state index in [9.17, 15) is 4.79 Å². The van der Waals surface area contributed by atoms with Crippen molar-refractivity contribution in [3.63, 3.8) is 0 Å². The molecule has 2 fully saturated rings. The molecule has 2 aliphatic carbocycles. The Hall–Kier alpha value is -2.82. The SMILES string of the molecule is CC(C)(C)OC(=O)c1cc(C2CC2)cnc1Nc1cccc2c1ccn2CC1CCC1. The maximum absolute atomic E-state index is 13.0. The van der Waals surface area contributed by atoms with Crippen LogP contribution in [0.5, 0.6) is 0 Å². The molecule has 5 heteroatoms. The van der Waals surface area contributed by atoms with Crippen LogP contribution in [0.1, 0.15) is 74.7 Å². The van der Waals surface area contributed by atoms with Gasteiger partial charge in [0.2, 0.25) is 0 Å². The molecule has 31 heavy (non-hydrogen) atoms. The standard InChI is InChI=1S/C26H31N3O2/c1-26(2,3)31-25(30)21-14-19(18-10-11-18)15-27-24(21)28-22-8-5-9-23-20(22)12-13-29(23)16-17-6-4-7-17/h5,8-9,12-15,17-18H,4,6-7,10-11,16H2,1-3H3,(H,27,28). The third-order valence-corrected chi connectivity index (χ3v) is 6.32. The lowest BCUT2D eigenvalue weighted by molar-refractivity contribution is 0.00702. The number of carbonyl (C=O) groups is 1. The highest BCUT2D eigenvalue weighted by Gasteiger charge is 2.28. The fraction of sp³-hybridized carbons (Fsp3) is 0.462. The number of esters is 1. The Morgan fingerprint density at radius 2 is 2.00 bits per heavy atom. The van der Waals surface area contributed by atoms with Crippen molar-refractivity contribution in [3.05, 3.63) is 53.9 Å². The van der Waals surface area contributed by atoms with Gasteiger partial charge in [0.15, 0.2) is 0 Å². The van der Waals surface area contributed by atoms with E-state index >= 15 is 0 Å². The summed E-state index contributed by atoms with van der Waals surface area (Å²) >= 11 is 0. The summed E-state index contributed by atoms with van der Waals surface area (Å²) in [5.74, 6) is 1.53. The van der Waals surface area contributed by atoms with Crippen LogP contribution in [0.2, 0.25) is 0 Å². The second-order valence-corrected chi connectivity index (χ2v) is 10.1. The van der Waals surface area contributed by atoms with Gasteiger partial charge in [0.1, 0.15) is 17.0 Å². The van der Waals surface area contributed by atoms with E-state index in [0.717, 1.165) is 41.9 Å². The van der Waals surface area contributed by atoms with Crippen molar-refractivity contribution in [2.75, 3.05) is 5.32 Å². The first-order valence-electron chi connectivity index (χ1n) is 11.5. The molecule has 1 N–H and O–H groups in total. The van der Waals surface area contributed by atoms with E-state index in [1.807, 2.05) is 39.1 Å². The topological polar surface area (TPSA) is 56.1 Å². The molecule has 5 nitrogen and oxygen atoms in total. The molecule has 2 aliphatic rings. The lowest BCUT2D eigenvalue weighted by Crippen LogP contribution is -2.24. The van der Waals surface area contributed by atoms with Crippen molar-refractivity contribution in [2.24, 2.45) is 5.92 Å². The molecule has 0 aliphatic heterocycles. The predicted molar refractivity (Wildman–Crippen MR) is 124 cm³/mol. The number of nitrogens with one attached hydrogen (secondary N) is 1. The van der Waals surface area contributed by atoms with Gasteiger partial charge in [-0.1, -0.05) is 12.5 Å². The number of nitrogens with zero attached hydrogens (tertiary/aromatic N) is 2. The Bertz CT molecular complexity index is 1120. The number of hydrogen-bond donors (Lipinski definition) is 1. The molecule has 0 unspecified atom stereocenters. The molecule has 0 spiro atoms. The van der Waals surface area contributed by atoms with Crippen molar-refractivity contribution in [3.8, 4) is 0 Å². The van der Waals surface area contributed by atoms with Crippen molar-refractivity contribution < 1.29 is 9.53 Å². The zero-order valence-electron chi connectivity index (χ0n) is 18.6. The number of rotatable bonds is 6. The van der Waals surface area contributed by atoms with Gasteiger partial charge >= 0.3 is 5.97 Å². The molecule has 0 radical (unpaired) electrons. The number of anilines is 2. The second kappa shape index (κ2) is 7.70. The second-order valence-electron chi connectivity index (χ2n) is 10.1. The Morgan fingerprint density at radius 1 is 1.19 bits per heavy atom. The summed E-state index contributed by atoms with van der Waals surface area (Å²) in [5, 5.41) is 4.58. The van der Waals surface area contributed by atoms with Crippen molar-refractivity contribution in [1.82, 2.24) is 9.55 Å². The third kappa shape index (κ3) is 4.32. The Balaban J connectivity index is 1.47. The summed E-state index contributed by atoms with van der Waals surface area (Å²) in [5.41, 5.74) is 3.25. The zero-order valence-corrected chi connectivity index (χ0v) is 18.6. The molecule has 2 heterocycles. The summed E-state index contributed by atoms with van der Waals surface area (Å²) in [6.07, 6.45) is 10.4. The molecular weight excluding hydrogens is 386 g/mol. The number of fused-ring (bicyclic) bond motifs is 1. The van der Waals surface area contributed by atoms with Crippen LogP contribution in [0.3, 0.4) is 0 Å². The Labute approximate surface area is 183 Å². The molecule has 0 atom stereocenters. The monoisotopic (exact) mass is 417 g/mol. The fourth-order valence-electron chi connectivity index (χ4n) is 4.28. The molecule has 162 valence electrons. The minimum atomic E-state index is -0.553. The molecule has 0 bridgehead atoms. The van der Waals surface area contributed by atoms with E-state index in [1.54, 1.807) is 0 Å². The molecular formula is C26H31N3O2. The maximum Gasteiger partial charge on any atom is 0.342 e. The third-order valence-electron chi connectivity index (χ3n) is 6.32. The maximum atomic E-state index is 13.0. The van der Waals surface area contributed by atoms with Gasteiger partial charge in [0.25, 0.3) is 0 Å². The number of carbonyl (C=O) groups excluding carboxylic acids is 1. The van der Waals surface area contributed by atoms with Crippen molar-refractivity contribution >= 4 is 28.4 Å². The number of ether oxygens (including phenoxy) is 1. The lowest BCUT2D eigenvalue weighted by atomic mass is 9.85. The van der Waals surface area contributed by atoms with E-state index in [2.05, 4.69) is 39.3 Å². The van der Waals surface area contributed by atoms with Crippen LogP contribution in [0.15, 0.2) is 42.7 Å². The van der Waals surface area contributed by atoms with Crippen LogP contribution in [0.4, 0.5) is 11.5 Å². The highest BCUT2D eigenvalue weighted by molar-refractivity contribution is 5.99. The molecule has 2 saturated carbocycles. The van der Waals surface area contributed by atoms with Crippen molar-refractivity contribution in [1.29, 1.82) is 0 Å². The minimum Gasteiger partial charge on any atom is -0.456 e. The van der Waals surface area contributed by atoms with Crippen molar-refractivity contribution in [2.45, 2.75) is 70.9 Å². The van der Waals surface area contributed by atoms with E-state index in [4.69, 9.17) is 4.74 Å². The summed E-state index contributed by atoms with van der Waals surface area (Å²) in [7, 11) is 0. The van der Waals surface area contributed by atoms with E-state index in [-0.39, 0.29) is 5.97 Å². The summed E-state index contributed by atoms with van der Waals surface area (Å²) in [4.78, 5) is 17.6. The van der Waals surface area contributed by atoms with E-state index in [1.165, 1.54) is 24.8 Å². The largest absolute Gasteiger partial charge is 0.456 e. The molecule has 3 aromatic rings. The van der Waals surface area contributed by atoms with Crippen LogP contribution in [0, 0.1) is 5.92 Å². The van der Waals surface area contributed by atoms with Gasteiger partial charge in [-0.15, -0.1) is 0 Å². The quantitative estimate of drug-likeness (QED) is 0.471. The number of pyridine rings is 1. The van der Waals surface area contributed by atoms with Crippen LogP contribution in [-0.4, -0.2) is 21.1 Å². The van der Waals surface area contributed by atoms with Gasteiger partial charge in [-0.3, -0.25) is 0 Å². The first-order chi connectivity index (χ1) is 14.9. The summed E-state index contributed by atoms with van der Waals surface area (Å²) < 4.78 is 8.04. The normalized spacial score (nSPS) is 16.9. The average Bonchev–Trinajstić information content (AvgIpc) is 3.44. The highest BCUT2D eigenvalue weighted by Crippen LogP contribution is 2.41.